The third-order valence-corrected chi connectivity index (χ3v) is 2.31. The van der Waals surface area contributed by atoms with E-state index in [9.17, 15) is 4.79 Å². The minimum absolute atomic E-state index is 0.0823. The number of amides is 1. The molecule has 0 radical (unpaired) electrons. The van der Waals surface area contributed by atoms with Crippen LogP contribution in [0, 0.1) is 19.3 Å². The summed E-state index contributed by atoms with van der Waals surface area (Å²) in [6.07, 6.45) is 0. The number of carbonyl (C=O) groups is 1. The number of rotatable bonds is 3. The molecule has 1 aromatic carbocycles. The zero-order valence-corrected chi connectivity index (χ0v) is 9.45. The zero-order valence-electron chi connectivity index (χ0n) is 9.45. The highest BCUT2D eigenvalue weighted by Crippen LogP contribution is 2.23. The largest absolute Gasteiger partial charge is 0.370 e. The molecule has 5 heteroatoms. The van der Waals surface area contributed by atoms with Crippen molar-refractivity contribution >= 4 is 17.6 Å². The first-order chi connectivity index (χ1) is 7.43. The van der Waals surface area contributed by atoms with Crippen molar-refractivity contribution in [3.63, 3.8) is 0 Å². The van der Waals surface area contributed by atoms with Crippen molar-refractivity contribution in [1.29, 1.82) is 5.41 Å². The Morgan fingerprint density at radius 3 is 2.19 bits per heavy atom. The lowest BCUT2D eigenvalue weighted by Crippen LogP contribution is -2.43. The minimum Gasteiger partial charge on any atom is -0.370 e. The summed E-state index contributed by atoms with van der Waals surface area (Å²) in [6.45, 7) is 3.72. The van der Waals surface area contributed by atoms with Crippen LogP contribution in [0.15, 0.2) is 18.2 Å². The van der Waals surface area contributed by atoms with Crippen molar-refractivity contribution in [2.75, 3.05) is 11.4 Å². The van der Waals surface area contributed by atoms with Gasteiger partial charge in [-0.1, -0.05) is 18.2 Å². The summed E-state index contributed by atoms with van der Waals surface area (Å²) in [5.41, 5.74) is 13.3. The highest BCUT2D eigenvalue weighted by atomic mass is 16.1. The van der Waals surface area contributed by atoms with Crippen LogP contribution in [-0.4, -0.2) is 18.4 Å². The molecule has 0 bridgehead atoms. The third-order valence-electron chi connectivity index (χ3n) is 2.31. The fraction of sp³-hybridized carbons (Fsp3) is 0.273. The van der Waals surface area contributed by atoms with Gasteiger partial charge in [-0.2, -0.15) is 0 Å². The number of guanidine groups is 1. The molecule has 0 atom stereocenters. The quantitative estimate of drug-likeness (QED) is 0.511. The predicted molar refractivity (Wildman–Crippen MR) is 64.4 cm³/mol. The number of primary amides is 1. The molecule has 0 aromatic heterocycles. The second-order valence-electron chi connectivity index (χ2n) is 3.68. The molecule has 0 saturated carbocycles. The lowest BCUT2D eigenvalue weighted by molar-refractivity contribution is -0.116. The van der Waals surface area contributed by atoms with E-state index in [4.69, 9.17) is 16.9 Å². The number of benzene rings is 1. The van der Waals surface area contributed by atoms with Gasteiger partial charge in [-0.15, -0.1) is 0 Å². The summed E-state index contributed by atoms with van der Waals surface area (Å²) in [5.74, 6) is -0.700. The van der Waals surface area contributed by atoms with E-state index in [0.717, 1.165) is 16.8 Å². The van der Waals surface area contributed by atoms with Crippen LogP contribution in [0.4, 0.5) is 5.69 Å². The van der Waals surface area contributed by atoms with Crippen LogP contribution in [0.3, 0.4) is 0 Å². The van der Waals surface area contributed by atoms with E-state index in [1.54, 1.807) is 0 Å². The summed E-state index contributed by atoms with van der Waals surface area (Å²) in [4.78, 5) is 12.3. The first-order valence-corrected chi connectivity index (χ1v) is 4.89. The highest BCUT2D eigenvalue weighted by molar-refractivity contribution is 5.99. The Morgan fingerprint density at radius 1 is 1.31 bits per heavy atom. The van der Waals surface area contributed by atoms with E-state index in [-0.39, 0.29) is 12.5 Å². The molecule has 5 nitrogen and oxygen atoms in total. The molecule has 1 aromatic rings. The molecule has 0 unspecified atom stereocenters. The molecule has 0 aliphatic heterocycles. The molecule has 1 amide bonds. The molecule has 86 valence electrons. The van der Waals surface area contributed by atoms with E-state index in [1.807, 2.05) is 32.0 Å². The van der Waals surface area contributed by atoms with E-state index in [1.165, 1.54) is 4.90 Å². The van der Waals surface area contributed by atoms with Gasteiger partial charge in [0.15, 0.2) is 5.96 Å². The molecule has 5 N–H and O–H groups in total. The van der Waals surface area contributed by atoms with Crippen LogP contribution >= 0.6 is 0 Å². The predicted octanol–water partition coefficient (Wildman–Crippen LogP) is 0.489. The molecule has 0 heterocycles. The maximum absolute atomic E-state index is 10.9. The zero-order chi connectivity index (χ0) is 12.3. The van der Waals surface area contributed by atoms with Crippen molar-refractivity contribution in [1.82, 2.24) is 0 Å². The Balaban J connectivity index is 3.20. The molecule has 0 spiro atoms. The van der Waals surface area contributed by atoms with Crippen LogP contribution in [0.2, 0.25) is 0 Å². The second kappa shape index (κ2) is 4.65. The monoisotopic (exact) mass is 220 g/mol. The van der Waals surface area contributed by atoms with Gasteiger partial charge >= 0.3 is 0 Å². The van der Waals surface area contributed by atoms with Crippen LogP contribution in [0.5, 0.6) is 0 Å². The number of hydrogen-bond donors (Lipinski definition) is 3. The number of nitrogens with two attached hydrogens (primary N) is 2. The summed E-state index contributed by atoms with van der Waals surface area (Å²) in [6, 6.07) is 5.72. The number of para-hydroxylation sites is 1. The fourth-order valence-corrected chi connectivity index (χ4v) is 1.67. The van der Waals surface area contributed by atoms with Gasteiger partial charge in [0.25, 0.3) is 0 Å². The maximum atomic E-state index is 10.9. The first kappa shape index (κ1) is 12.0. The van der Waals surface area contributed by atoms with Crippen molar-refractivity contribution < 1.29 is 4.79 Å². The molecule has 0 aliphatic rings. The molecule has 0 saturated heterocycles. The van der Waals surface area contributed by atoms with Gasteiger partial charge in [-0.3, -0.25) is 10.2 Å². The summed E-state index contributed by atoms with van der Waals surface area (Å²) in [7, 11) is 0. The fourth-order valence-electron chi connectivity index (χ4n) is 1.67. The molecular weight excluding hydrogens is 204 g/mol. The van der Waals surface area contributed by atoms with Crippen molar-refractivity contribution in [3.05, 3.63) is 29.3 Å². The molecule has 0 fully saturated rings. The van der Waals surface area contributed by atoms with E-state index < -0.39 is 5.91 Å². The third kappa shape index (κ3) is 2.50. The van der Waals surface area contributed by atoms with E-state index in [0.29, 0.717) is 0 Å². The first-order valence-electron chi connectivity index (χ1n) is 4.89. The number of hydrogen-bond acceptors (Lipinski definition) is 2. The van der Waals surface area contributed by atoms with Crippen molar-refractivity contribution in [2.24, 2.45) is 11.5 Å². The van der Waals surface area contributed by atoms with Gasteiger partial charge in [0.1, 0.15) is 6.54 Å². The van der Waals surface area contributed by atoms with Crippen LogP contribution in [0.25, 0.3) is 0 Å². The highest BCUT2D eigenvalue weighted by Gasteiger charge is 2.16. The van der Waals surface area contributed by atoms with Gasteiger partial charge < -0.3 is 16.4 Å². The number of nitrogens with one attached hydrogen (secondary N) is 1. The van der Waals surface area contributed by atoms with Crippen LogP contribution in [-0.2, 0) is 4.79 Å². The maximum Gasteiger partial charge on any atom is 0.237 e. The number of carbonyl (C=O) groups excluding carboxylic acids is 1. The minimum atomic E-state index is -0.516. The lowest BCUT2D eigenvalue weighted by Gasteiger charge is -2.24. The average molecular weight is 220 g/mol. The van der Waals surface area contributed by atoms with Gasteiger partial charge in [-0.25, -0.2) is 0 Å². The topological polar surface area (TPSA) is 96.2 Å². The van der Waals surface area contributed by atoms with Crippen molar-refractivity contribution in [2.45, 2.75) is 13.8 Å². The van der Waals surface area contributed by atoms with Gasteiger partial charge in [0.2, 0.25) is 5.91 Å². The molecule has 0 aliphatic carbocycles. The summed E-state index contributed by atoms with van der Waals surface area (Å²) in [5, 5.41) is 7.47. The Morgan fingerprint density at radius 2 is 1.81 bits per heavy atom. The Hall–Kier alpha value is -2.04. The average Bonchev–Trinajstić information content (AvgIpc) is 2.15. The van der Waals surface area contributed by atoms with E-state index >= 15 is 0 Å². The number of anilines is 1. The van der Waals surface area contributed by atoms with Crippen molar-refractivity contribution in [3.8, 4) is 0 Å². The summed E-state index contributed by atoms with van der Waals surface area (Å²) < 4.78 is 0. The number of nitrogens with zero attached hydrogens (tertiary/aromatic N) is 1. The van der Waals surface area contributed by atoms with Crippen LogP contribution in [0.1, 0.15) is 11.1 Å². The second-order valence-corrected chi connectivity index (χ2v) is 3.68. The Labute approximate surface area is 94.5 Å². The smallest absolute Gasteiger partial charge is 0.237 e. The Bertz CT molecular complexity index is 408. The SMILES string of the molecule is Cc1cccc(C)c1N(CC(N)=O)C(=N)N. The van der Waals surface area contributed by atoms with Gasteiger partial charge in [0, 0.05) is 0 Å². The Kier molecular flexibility index (Phi) is 3.50. The van der Waals surface area contributed by atoms with E-state index in [2.05, 4.69) is 0 Å². The molecule has 1 rings (SSSR count). The lowest BCUT2D eigenvalue weighted by atomic mass is 10.1. The molecule has 16 heavy (non-hydrogen) atoms. The molecular formula is C11H16N4O. The van der Waals surface area contributed by atoms with Gasteiger partial charge in [-0.05, 0) is 25.0 Å². The van der Waals surface area contributed by atoms with Gasteiger partial charge in [0.05, 0.1) is 5.69 Å². The summed E-state index contributed by atoms with van der Waals surface area (Å²) >= 11 is 0. The normalized spacial score (nSPS) is 9.88. The standard InChI is InChI=1S/C11H16N4O/c1-7-4-3-5-8(2)10(7)15(11(13)14)6-9(12)16/h3-5H,6H2,1-2H3,(H2,12,16)(H3,13,14). The van der Waals surface area contributed by atoms with Crippen LogP contribution < -0.4 is 16.4 Å². The number of aryl methyl sites for hydroxylation is 2.